The van der Waals surface area contributed by atoms with Crippen molar-refractivity contribution in [2.75, 3.05) is 51.8 Å². The smallest absolute Gasteiger partial charge is 0.309 e. The molecule has 4 rings (SSSR count). The second-order valence-corrected chi connectivity index (χ2v) is 10.3. The number of carbonyl (C=O) groups excluding carboxylic acids is 2. The van der Waals surface area contributed by atoms with Gasteiger partial charge in [0.05, 0.1) is 20.3 Å². The molecule has 0 bridgehead atoms. The minimum absolute atomic E-state index is 0.0101. The first-order valence-electron chi connectivity index (χ1n) is 12.9. The van der Waals surface area contributed by atoms with Gasteiger partial charge in [-0.15, -0.1) is 11.3 Å². The van der Waals surface area contributed by atoms with E-state index in [0.29, 0.717) is 13.0 Å². The SMILES string of the molecule is COc1ccc(CCNC(=O)C(=O)N[C@H](C)[C@H](c2cccs2)N2CCN(c3ccc(OC)cc3)CC2)cc1. The summed E-state index contributed by atoms with van der Waals surface area (Å²) in [5.74, 6) is 0.415. The van der Waals surface area contributed by atoms with Crippen LogP contribution in [0.4, 0.5) is 5.69 Å². The standard InChI is InChI=1S/C29H36N4O4S/c1-21(31-29(35)28(34)30-15-14-22-6-10-24(36-2)11-7-22)27(26-5-4-20-38-26)33-18-16-32(17-19-33)23-8-12-25(37-3)13-9-23/h4-13,20-21,27H,14-19H2,1-3H3,(H,30,34)(H,31,35)/t21-,27-/m1/s1. The van der Waals surface area contributed by atoms with E-state index in [0.717, 1.165) is 43.2 Å². The highest BCUT2D eigenvalue weighted by atomic mass is 32.1. The van der Waals surface area contributed by atoms with E-state index in [1.54, 1.807) is 25.6 Å². The first-order chi connectivity index (χ1) is 18.5. The number of amides is 2. The fraction of sp³-hybridized carbons (Fsp3) is 0.379. The lowest BCUT2D eigenvalue weighted by atomic mass is 10.0. The molecule has 38 heavy (non-hydrogen) atoms. The second-order valence-electron chi connectivity index (χ2n) is 9.30. The molecule has 2 heterocycles. The molecule has 2 aromatic carbocycles. The summed E-state index contributed by atoms with van der Waals surface area (Å²) in [6, 6.07) is 19.7. The van der Waals surface area contributed by atoms with Gasteiger partial charge >= 0.3 is 11.8 Å². The van der Waals surface area contributed by atoms with Gasteiger partial charge in [0.15, 0.2) is 0 Å². The number of ether oxygens (including phenoxy) is 2. The maximum absolute atomic E-state index is 12.8. The molecule has 202 valence electrons. The van der Waals surface area contributed by atoms with E-state index in [1.807, 2.05) is 49.4 Å². The molecule has 3 aromatic rings. The lowest BCUT2D eigenvalue weighted by Crippen LogP contribution is -2.53. The van der Waals surface area contributed by atoms with Gasteiger partial charge in [0.2, 0.25) is 0 Å². The number of hydrogen-bond donors (Lipinski definition) is 2. The van der Waals surface area contributed by atoms with Crippen molar-refractivity contribution < 1.29 is 19.1 Å². The van der Waals surface area contributed by atoms with Crippen LogP contribution in [-0.4, -0.2) is 69.7 Å². The van der Waals surface area contributed by atoms with Crippen LogP contribution in [0.15, 0.2) is 66.0 Å². The number of rotatable bonds is 10. The summed E-state index contributed by atoms with van der Waals surface area (Å²) < 4.78 is 10.4. The highest BCUT2D eigenvalue weighted by Crippen LogP contribution is 2.30. The van der Waals surface area contributed by atoms with Crippen molar-refractivity contribution in [3.63, 3.8) is 0 Å². The number of methoxy groups -OCH3 is 2. The van der Waals surface area contributed by atoms with E-state index in [4.69, 9.17) is 9.47 Å². The molecule has 1 aliphatic heterocycles. The summed E-state index contributed by atoms with van der Waals surface area (Å²) in [5.41, 5.74) is 2.23. The average molecular weight is 537 g/mol. The second kappa shape index (κ2) is 13.3. The van der Waals surface area contributed by atoms with Gasteiger partial charge in [-0.25, -0.2) is 0 Å². The third-order valence-corrected chi connectivity index (χ3v) is 7.82. The van der Waals surface area contributed by atoms with Gasteiger partial charge in [-0.1, -0.05) is 18.2 Å². The largest absolute Gasteiger partial charge is 0.497 e. The van der Waals surface area contributed by atoms with Crippen LogP contribution in [0.2, 0.25) is 0 Å². The van der Waals surface area contributed by atoms with Gasteiger partial charge in [-0.3, -0.25) is 14.5 Å². The van der Waals surface area contributed by atoms with E-state index >= 15 is 0 Å². The topological polar surface area (TPSA) is 83.1 Å². The first-order valence-corrected chi connectivity index (χ1v) is 13.7. The molecule has 8 nitrogen and oxygen atoms in total. The van der Waals surface area contributed by atoms with Gasteiger partial charge in [0, 0.05) is 49.3 Å². The molecule has 9 heteroatoms. The molecule has 1 fully saturated rings. The maximum Gasteiger partial charge on any atom is 0.309 e. The Morgan fingerprint density at radius 3 is 2.11 bits per heavy atom. The van der Waals surface area contributed by atoms with Crippen molar-refractivity contribution >= 4 is 28.8 Å². The van der Waals surface area contributed by atoms with E-state index < -0.39 is 11.8 Å². The van der Waals surface area contributed by atoms with Crippen LogP contribution in [0.5, 0.6) is 11.5 Å². The fourth-order valence-electron chi connectivity index (χ4n) is 4.80. The number of piperazine rings is 1. The number of thiophene rings is 1. The van der Waals surface area contributed by atoms with Crippen LogP contribution in [0, 0.1) is 0 Å². The zero-order chi connectivity index (χ0) is 26.9. The summed E-state index contributed by atoms with van der Waals surface area (Å²) in [6.07, 6.45) is 0.634. The van der Waals surface area contributed by atoms with E-state index in [-0.39, 0.29) is 12.1 Å². The van der Waals surface area contributed by atoms with Gasteiger partial charge in [-0.2, -0.15) is 0 Å². The Labute approximate surface area is 228 Å². The van der Waals surface area contributed by atoms with Crippen LogP contribution in [0.3, 0.4) is 0 Å². The molecule has 0 unspecified atom stereocenters. The van der Waals surface area contributed by atoms with E-state index in [9.17, 15) is 9.59 Å². The Balaban J connectivity index is 1.31. The summed E-state index contributed by atoms with van der Waals surface area (Å²) in [4.78, 5) is 31.2. The van der Waals surface area contributed by atoms with Crippen LogP contribution in [-0.2, 0) is 16.0 Å². The number of anilines is 1. The monoisotopic (exact) mass is 536 g/mol. The average Bonchev–Trinajstić information content (AvgIpc) is 3.48. The Kier molecular flexibility index (Phi) is 9.62. The molecule has 0 saturated carbocycles. The molecule has 0 radical (unpaired) electrons. The normalized spacial score (nSPS) is 15.4. The van der Waals surface area contributed by atoms with E-state index in [2.05, 4.69) is 44.0 Å². The van der Waals surface area contributed by atoms with Gasteiger partial charge < -0.3 is 25.0 Å². The van der Waals surface area contributed by atoms with Crippen molar-refractivity contribution in [1.29, 1.82) is 0 Å². The van der Waals surface area contributed by atoms with Crippen LogP contribution >= 0.6 is 11.3 Å². The number of nitrogens with zero attached hydrogens (tertiary/aromatic N) is 2. The number of nitrogens with one attached hydrogen (secondary N) is 2. The highest BCUT2D eigenvalue weighted by molar-refractivity contribution is 7.10. The minimum Gasteiger partial charge on any atom is -0.497 e. The first kappa shape index (κ1) is 27.5. The lowest BCUT2D eigenvalue weighted by molar-refractivity contribution is -0.139. The Morgan fingerprint density at radius 2 is 1.53 bits per heavy atom. The van der Waals surface area contributed by atoms with E-state index in [1.165, 1.54) is 10.6 Å². The van der Waals surface area contributed by atoms with Gasteiger partial charge in [0.25, 0.3) is 0 Å². The van der Waals surface area contributed by atoms with Crippen LogP contribution in [0.25, 0.3) is 0 Å². The zero-order valence-corrected chi connectivity index (χ0v) is 23.0. The van der Waals surface area contributed by atoms with Crippen LogP contribution in [0.1, 0.15) is 23.4 Å². The Hall–Kier alpha value is -3.56. The molecule has 2 atom stereocenters. The zero-order valence-electron chi connectivity index (χ0n) is 22.2. The van der Waals surface area contributed by atoms with Gasteiger partial charge in [0.1, 0.15) is 11.5 Å². The van der Waals surface area contributed by atoms with Crippen molar-refractivity contribution in [3.8, 4) is 11.5 Å². The van der Waals surface area contributed by atoms with Crippen LogP contribution < -0.4 is 25.0 Å². The maximum atomic E-state index is 12.8. The third-order valence-electron chi connectivity index (χ3n) is 6.88. The summed E-state index contributed by atoms with van der Waals surface area (Å²) >= 11 is 1.67. The predicted octanol–water partition coefficient (Wildman–Crippen LogP) is 3.49. The molecule has 1 aromatic heterocycles. The molecule has 1 aliphatic rings. The van der Waals surface area contributed by atoms with Crippen molar-refractivity contribution in [2.24, 2.45) is 0 Å². The molecule has 0 aliphatic carbocycles. The highest BCUT2D eigenvalue weighted by Gasteiger charge is 2.32. The Morgan fingerprint density at radius 1 is 0.895 bits per heavy atom. The molecular weight excluding hydrogens is 500 g/mol. The minimum atomic E-state index is -0.611. The quantitative estimate of drug-likeness (QED) is 0.386. The van der Waals surface area contributed by atoms with Crippen molar-refractivity contribution in [1.82, 2.24) is 15.5 Å². The van der Waals surface area contributed by atoms with Crippen molar-refractivity contribution in [3.05, 3.63) is 76.5 Å². The molecule has 2 N–H and O–H groups in total. The molecular formula is C29H36N4O4S. The van der Waals surface area contributed by atoms with Gasteiger partial charge in [-0.05, 0) is 66.8 Å². The fourth-order valence-corrected chi connectivity index (χ4v) is 5.76. The summed E-state index contributed by atoms with van der Waals surface area (Å²) in [6.45, 7) is 5.81. The Bertz CT molecular complexity index is 1160. The molecule has 1 saturated heterocycles. The summed E-state index contributed by atoms with van der Waals surface area (Å²) in [7, 11) is 3.30. The number of carbonyl (C=O) groups is 2. The number of benzene rings is 2. The molecule has 0 spiro atoms. The molecule has 2 amide bonds. The lowest BCUT2D eigenvalue weighted by Gasteiger charge is -2.42. The predicted molar refractivity (Wildman–Crippen MR) is 151 cm³/mol. The van der Waals surface area contributed by atoms with Crippen molar-refractivity contribution in [2.45, 2.75) is 25.4 Å². The number of hydrogen-bond acceptors (Lipinski definition) is 7. The third kappa shape index (κ3) is 7.05. The summed E-state index contributed by atoms with van der Waals surface area (Å²) in [5, 5.41) is 7.75.